The lowest BCUT2D eigenvalue weighted by atomic mass is 10.0. The third-order valence-electron chi connectivity index (χ3n) is 4.72. The van der Waals surface area contributed by atoms with Crippen molar-refractivity contribution in [2.45, 2.75) is 26.1 Å². The number of hydrogen-bond acceptors (Lipinski definition) is 8. The Hall–Kier alpha value is -3.56. The van der Waals surface area contributed by atoms with Gasteiger partial charge in [-0.3, -0.25) is 5.32 Å². The Kier molecular flexibility index (Phi) is 10.9. The van der Waals surface area contributed by atoms with E-state index in [0.29, 0.717) is 28.3 Å². The highest BCUT2D eigenvalue weighted by molar-refractivity contribution is 5.88. The molecule has 9 heteroatoms. The molecule has 0 saturated heterocycles. The van der Waals surface area contributed by atoms with Crippen molar-refractivity contribution in [3.8, 4) is 11.5 Å². The molecule has 0 unspecified atom stereocenters. The van der Waals surface area contributed by atoms with Crippen molar-refractivity contribution in [1.29, 1.82) is 0 Å². The number of benzene rings is 2. The number of carbonyl (C=O) groups is 2. The van der Waals surface area contributed by atoms with Gasteiger partial charge in [-0.15, -0.1) is 0 Å². The maximum absolute atomic E-state index is 12.7. The first-order chi connectivity index (χ1) is 16.4. The van der Waals surface area contributed by atoms with Gasteiger partial charge in [0.15, 0.2) is 6.10 Å². The second kappa shape index (κ2) is 13.9. The van der Waals surface area contributed by atoms with Crippen LogP contribution >= 0.6 is 0 Å². The van der Waals surface area contributed by atoms with Crippen LogP contribution in [0.2, 0.25) is 0 Å². The second-order valence-electron chi connectivity index (χ2n) is 7.09. The van der Waals surface area contributed by atoms with Gasteiger partial charge in [-0.05, 0) is 61.9 Å². The normalized spacial score (nSPS) is 12.9. The summed E-state index contributed by atoms with van der Waals surface area (Å²) in [5.74, 6) is 0.713. The van der Waals surface area contributed by atoms with Crippen LogP contribution in [0.5, 0.6) is 11.5 Å². The van der Waals surface area contributed by atoms with Crippen molar-refractivity contribution in [2.24, 2.45) is 0 Å². The van der Waals surface area contributed by atoms with Crippen LogP contribution in [0.15, 0.2) is 60.2 Å². The molecule has 0 aliphatic heterocycles. The molecule has 2 aromatic rings. The summed E-state index contributed by atoms with van der Waals surface area (Å²) in [4.78, 5) is 24.8. The number of carbonyl (C=O) groups excluding carboxylic acids is 2. The van der Waals surface area contributed by atoms with E-state index in [-0.39, 0.29) is 19.8 Å². The van der Waals surface area contributed by atoms with Crippen LogP contribution < -0.4 is 14.8 Å². The minimum Gasteiger partial charge on any atom is -0.497 e. The fourth-order valence-electron chi connectivity index (χ4n) is 3.02. The largest absolute Gasteiger partial charge is 0.497 e. The van der Waals surface area contributed by atoms with E-state index in [0.717, 1.165) is 0 Å². The average Bonchev–Trinajstić information content (AvgIpc) is 2.85. The molecule has 9 nitrogen and oxygen atoms in total. The van der Waals surface area contributed by atoms with Crippen LogP contribution in [0.3, 0.4) is 0 Å². The predicted molar refractivity (Wildman–Crippen MR) is 126 cm³/mol. The van der Waals surface area contributed by atoms with Crippen LogP contribution in [0.25, 0.3) is 0 Å². The van der Waals surface area contributed by atoms with Gasteiger partial charge in [0.1, 0.15) is 24.2 Å². The van der Waals surface area contributed by atoms with E-state index < -0.39 is 24.3 Å². The summed E-state index contributed by atoms with van der Waals surface area (Å²) in [6.45, 7) is 3.61. The molecule has 1 amide bonds. The SMILES string of the molecule is CCOC(=O)/C(C)=C/[C@H](OC)[C@@H](OC(=O)Nc1ccc(OC)cc1)c1ccc(OCCO)cc1. The molecule has 0 bridgehead atoms. The van der Waals surface area contributed by atoms with Crippen LogP contribution in [0, 0.1) is 0 Å². The number of aliphatic hydroxyl groups is 1. The fraction of sp³-hybridized carbons (Fsp3) is 0.360. The van der Waals surface area contributed by atoms with Crippen LogP contribution in [-0.2, 0) is 19.0 Å². The smallest absolute Gasteiger partial charge is 0.412 e. The Labute approximate surface area is 199 Å². The molecule has 2 rings (SSSR count). The van der Waals surface area contributed by atoms with Crippen molar-refractivity contribution >= 4 is 17.7 Å². The van der Waals surface area contributed by atoms with Gasteiger partial charge in [0.2, 0.25) is 0 Å². The number of anilines is 1. The molecule has 0 radical (unpaired) electrons. The van der Waals surface area contributed by atoms with Gasteiger partial charge in [-0.1, -0.05) is 12.1 Å². The number of rotatable bonds is 12. The Morgan fingerprint density at radius 2 is 1.68 bits per heavy atom. The van der Waals surface area contributed by atoms with Crippen LogP contribution in [-0.4, -0.2) is 57.3 Å². The highest BCUT2D eigenvalue weighted by Gasteiger charge is 2.27. The van der Waals surface area contributed by atoms with Gasteiger partial charge in [0, 0.05) is 18.4 Å². The van der Waals surface area contributed by atoms with Crippen molar-refractivity contribution < 1.29 is 38.4 Å². The van der Waals surface area contributed by atoms with Gasteiger partial charge in [0.05, 0.1) is 20.3 Å². The Balaban J connectivity index is 2.28. The summed E-state index contributed by atoms with van der Waals surface area (Å²) in [5, 5.41) is 11.6. The maximum Gasteiger partial charge on any atom is 0.412 e. The number of methoxy groups -OCH3 is 2. The number of amides is 1. The highest BCUT2D eigenvalue weighted by atomic mass is 16.6. The number of aliphatic hydroxyl groups excluding tert-OH is 1. The number of ether oxygens (including phenoxy) is 5. The summed E-state index contributed by atoms with van der Waals surface area (Å²) >= 11 is 0. The van der Waals surface area contributed by atoms with Crippen molar-refractivity contribution in [3.05, 3.63) is 65.7 Å². The minimum absolute atomic E-state index is 0.108. The van der Waals surface area contributed by atoms with E-state index in [1.54, 1.807) is 75.6 Å². The third-order valence-corrected chi connectivity index (χ3v) is 4.72. The van der Waals surface area contributed by atoms with Crippen molar-refractivity contribution in [2.75, 3.05) is 39.4 Å². The molecule has 34 heavy (non-hydrogen) atoms. The number of esters is 1. The minimum atomic E-state index is -0.889. The standard InChI is InChI=1S/C25H31NO8/c1-5-32-24(28)17(2)16-22(31-4)23(18-6-10-21(11-7-18)33-15-14-27)34-25(29)26-19-8-12-20(30-3)13-9-19/h6-13,16,22-23,27H,5,14-15H2,1-4H3,(H,26,29)/b17-16+/t22-,23-/m0/s1. The van der Waals surface area contributed by atoms with Crippen molar-refractivity contribution in [3.63, 3.8) is 0 Å². The molecule has 0 spiro atoms. The zero-order chi connectivity index (χ0) is 24.9. The van der Waals surface area contributed by atoms with Gasteiger partial charge in [-0.2, -0.15) is 0 Å². The van der Waals surface area contributed by atoms with E-state index in [1.165, 1.54) is 7.11 Å². The molecule has 0 aliphatic carbocycles. The van der Waals surface area contributed by atoms with Gasteiger partial charge < -0.3 is 28.8 Å². The molecule has 0 saturated carbocycles. The van der Waals surface area contributed by atoms with E-state index in [1.807, 2.05) is 0 Å². The molecule has 2 aromatic carbocycles. The number of nitrogens with one attached hydrogen (secondary N) is 1. The first kappa shape index (κ1) is 26.7. The summed E-state index contributed by atoms with van der Waals surface area (Å²) in [7, 11) is 3.01. The lowest BCUT2D eigenvalue weighted by Crippen LogP contribution is -2.27. The van der Waals surface area contributed by atoms with Crippen LogP contribution in [0.1, 0.15) is 25.5 Å². The Morgan fingerprint density at radius 1 is 1.03 bits per heavy atom. The summed E-state index contributed by atoms with van der Waals surface area (Å²) in [6.07, 6.45) is -0.825. The van der Waals surface area contributed by atoms with Gasteiger partial charge in [-0.25, -0.2) is 9.59 Å². The molecule has 0 aromatic heterocycles. The monoisotopic (exact) mass is 473 g/mol. The van der Waals surface area contributed by atoms with Crippen LogP contribution in [0.4, 0.5) is 10.5 Å². The summed E-state index contributed by atoms with van der Waals surface area (Å²) < 4.78 is 26.9. The van der Waals surface area contributed by atoms with Gasteiger partial charge >= 0.3 is 12.1 Å². The lowest BCUT2D eigenvalue weighted by Gasteiger charge is -2.25. The van der Waals surface area contributed by atoms with E-state index in [4.69, 9.17) is 28.8 Å². The predicted octanol–water partition coefficient (Wildman–Crippen LogP) is 3.88. The quantitative estimate of drug-likeness (QED) is 0.353. The van der Waals surface area contributed by atoms with Crippen molar-refractivity contribution in [1.82, 2.24) is 0 Å². The molecular weight excluding hydrogens is 442 g/mol. The molecular formula is C25H31NO8. The Morgan fingerprint density at radius 3 is 2.24 bits per heavy atom. The summed E-state index contributed by atoms with van der Waals surface area (Å²) in [6, 6.07) is 13.6. The molecule has 2 atom stereocenters. The van der Waals surface area contributed by atoms with Gasteiger partial charge in [0.25, 0.3) is 0 Å². The molecule has 0 fully saturated rings. The molecule has 184 valence electrons. The maximum atomic E-state index is 12.7. The molecule has 0 heterocycles. The molecule has 0 aliphatic rings. The first-order valence-electron chi connectivity index (χ1n) is 10.8. The third kappa shape index (κ3) is 8.09. The highest BCUT2D eigenvalue weighted by Crippen LogP contribution is 2.28. The zero-order valence-electron chi connectivity index (χ0n) is 19.8. The van der Waals surface area contributed by atoms with E-state index >= 15 is 0 Å². The van der Waals surface area contributed by atoms with E-state index in [9.17, 15) is 9.59 Å². The Bertz CT molecular complexity index is 940. The lowest BCUT2D eigenvalue weighted by molar-refractivity contribution is -0.138. The topological polar surface area (TPSA) is 113 Å². The number of hydrogen-bond donors (Lipinski definition) is 2. The second-order valence-corrected chi connectivity index (χ2v) is 7.09. The molecule has 2 N–H and O–H groups in total. The fourth-order valence-corrected chi connectivity index (χ4v) is 3.02. The summed E-state index contributed by atoms with van der Waals surface area (Å²) in [5.41, 5.74) is 1.45. The first-order valence-corrected chi connectivity index (χ1v) is 10.8. The zero-order valence-corrected chi connectivity index (χ0v) is 19.8. The average molecular weight is 474 g/mol. The van der Waals surface area contributed by atoms with E-state index in [2.05, 4.69) is 5.32 Å².